The van der Waals surface area contributed by atoms with Crippen molar-refractivity contribution in [3.05, 3.63) is 35.9 Å². The molecule has 1 aliphatic heterocycles. The molecule has 2 atom stereocenters. The highest BCUT2D eigenvalue weighted by Gasteiger charge is 2.25. The average molecular weight is 316 g/mol. The summed E-state index contributed by atoms with van der Waals surface area (Å²) < 4.78 is 0. The molecule has 1 fully saturated rings. The van der Waals surface area contributed by atoms with Crippen molar-refractivity contribution in [1.82, 2.24) is 15.5 Å². The molecule has 0 saturated carbocycles. The third-order valence-electron chi connectivity index (χ3n) is 4.42. The second-order valence-corrected chi connectivity index (χ2v) is 6.43. The highest BCUT2D eigenvalue weighted by atomic mass is 15.2. The van der Waals surface area contributed by atoms with Gasteiger partial charge in [0.05, 0.1) is 0 Å². The fourth-order valence-corrected chi connectivity index (χ4v) is 3.14. The summed E-state index contributed by atoms with van der Waals surface area (Å²) in [5.74, 6) is 0.975. The minimum atomic E-state index is 0.520. The van der Waals surface area contributed by atoms with Gasteiger partial charge in [-0.15, -0.1) is 0 Å². The van der Waals surface area contributed by atoms with Gasteiger partial charge in [-0.2, -0.15) is 0 Å². The molecule has 4 heteroatoms. The summed E-state index contributed by atoms with van der Waals surface area (Å²) in [6.45, 7) is 10.6. The fourth-order valence-electron chi connectivity index (χ4n) is 3.14. The van der Waals surface area contributed by atoms with Gasteiger partial charge in [0, 0.05) is 38.3 Å². The smallest absolute Gasteiger partial charge is 0.191 e. The van der Waals surface area contributed by atoms with Gasteiger partial charge in [-0.25, -0.2) is 0 Å². The van der Waals surface area contributed by atoms with E-state index in [0.29, 0.717) is 12.1 Å². The molecule has 0 amide bonds. The van der Waals surface area contributed by atoms with Crippen molar-refractivity contribution in [2.75, 3.05) is 19.6 Å². The van der Waals surface area contributed by atoms with E-state index in [2.05, 4.69) is 71.6 Å². The second-order valence-electron chi connectivity index (χ2n) is 6.43. The zero-order chi connectivity index (χ0) is 16.5. The van der Waals surface area contributed by atoms with Gasteiger partial charge in [-0.1, -0.05) is 37.3 Å². The zero-order valence-corrected chi connectivity index (χ0v) is 14.9. The predicted octanol–water partition coefficient (Wildman–Crippen LogP) is 3.00. The first-order chi connectivity index (χ1) is 11.2. The van der Waals surface area contributed by atoms with Gasteiger partial charge in [0.2, 0.25) is 0 Å². The molecule has 1 aliphatic rings. The Balaban J connectivity index is 1.85. The van der Waals surface area contributed by atoms with Gasteiger partial charge < -0.3 is 10.6 Å². The van der Waals surface area contributed by atoms with E-state index >= 15 is 0 Å². The highest BCUT2D eigenvalue weighted by molar-refractivity contribution is 5.80. The van der Waals surface area contributed by atoms with Crippen molar-refractivity contribution in [3.63, 3.8) is 0 Å². The lowest BCUT2D eigenvalue weighted by Gasteiger charge is -2.38. The number of hydrogen-bond donors (Lipinski definition) is 2. The van der Waals surface area contributed by atoms with Crippen LogP contribution in [0.15, 0.2) is 35.3 Å². The van der Waals surface area contributed by atoms with E-state index in [4.69, 9.17) is 0 Å². The first-order valence-corrected chi connectivity index (χ1v) is 9.05. The quantitative estimate of drug-likeness (QED) is 0.626. The van der Waals surface area contributed by atoms with Crippen molar-refractivity contribution >= 4 is 5.96 Å². The predicted molar refractivity (Wildman–Crippen MR) is 98.7 cm³/mol. The van der Waals surface area contributed by atoms with Crippen LogP contribution in [-0.4, -0.2) is 42.6 Å². The van der Waals surface area contributed by atoms with Crippen LogP contribution in [0.3, 0.4) is 0 Å². The Morgan fingerprint density at radius 1 is 1.26 bits per heavy atom. The Morgan fingerprint density at radius 3 is 2.70 bits per heavy atom. The summed E-state index contributed by atoms with van der Waals surface area (Å²) in [6, 6.07) is 11.9. The molecule has 0 bridgehead atoms. The molecule has 1 aromatic carbocycles. The molecule has 1 saturated heterocycles. The van der Waals surface area contributed by atoms with Gasteiger partial charge in [0.15, 0.2) is 5.96 Å². The Bertz CT molecular complexity index is 472. The van der Waals surface area contributed by atoms with Gasteiger partial charge >= 0.3 is 0 Å². The van der Waals surface area contributed by atoms with E-state index in [1.165, 1.54) is 18.4 Å². The Hall–Kier alpha value is -1.55. The van der Waals surface area contributed by atoms with Gasteiger partial charge in [-0.05, 0) is 38.7 Å². The lowest BCUT2D eigenvalue weighted by atomic mass is 9.97. The van der Waals surface area contributed by atoms with Crippen LogP contribution in [0.2, 0.25) is 0 Å². The molecule has 2 unspecified atom stereocenters. The maximum atomic E-state index is 4.62. The Kier molecular flexibility index (Phi) is 7.40. The Labute approximate surface area is 141 Å². The maximum Gasteiger partial charge on any atom is 0.191 e. The number of nitrogens with one attached hydrogen (secondary N) is 2. The summed E-state index contributed by atoms with van der Waals surface area (Å²) in [6.07, 6.45) is 3.43. The van der Waals surface area contributed by atoms with E-state index in [9.17, 15) is 0 Å². The van der Waals surface area contributed by atoms with Crippen molar-refractivity contribution in [2.24, 2.45) is 4.99 Å². The molecule has 1 aromatic rings. The second kappa shape index (κ2) is 9.56. The summed E-state index contributed by atoms with van der Waals surface area (Å²) in [5, 5.41) is 6.97. The lowest BCUT2D eigenvalue weighted by molar-refractivity contribution is 0.134. The molecular formula is C19H32N4. The average Bonchev–Trinajstić information content (AvgIpc) is 2.56. The number of hydrogen-bond acceptors (Lipinski definition) is 2. The van der Waals surface area contributed by atoms with Gasteiger partial charge in [-0.3, -0.25) is 9.89 Å². The van der Waals surface area contributed by atoms with E-state index in [1.807, 2.05) is 0 Å². The molecule has 1 heterocycles. The van der Waals surface area contributed by atoms with Crippen LogP contribution in [-0.2, 0) is 6.54 Å². The molecule has 0 aliphatic carbocycles. The van der Waals surface area contributed by atoms with Gasteiger partial charge in [0.25, 0.3) is 0 Å². The van der Waals surface area contributed by atoms with Crippen molar-refractivity contribution in [2.45, 2.75) is 58.7 Å². The monoisotopic (exact) mass is 316 g/mol. The molecule has 4 nitrogen and oxygen atoms in total. The summed E-state index contributed by atoms with van der Waals surface area (Å²) in [5.41, 5.74) is 1.41. The molecule has 23 heavy (non-hydrogen) atoms. The molecule has 0 aromatic heterocycles. The summed E-state index contributed by atoms with van der Waals surface area (Å²) >= 11 is 0. The Morgan fingerprint density at radius 2 is 2.04 bits per heavy atom. The number of rotatable bonds is 6. The number of piperidine rings is 1. The van der Waals surface area contributed by atoms with Crippen LogP contribution >= 0.6 is 0 Å². The zero-order valence-electron chi connectivity index (χ0n) is 14.9. The molecule has 2 N–H and O–H groups in total. The third kappa shape index (κ3) is 5.87. The van der Waals surface area contributed by atoms with E-state index < -0.39 is 0 Å². The number of guanidine groups is 1. The number of benzene rings is 1. The van der Waals surface area contributed by atoms with Crippen LogP contribution in [0.5, 0.6) is 0 Å². The van der Waals surface area contributed by atoms with Crippen LogP contribution in [0.1, 0.15) is 45.6 Å². The van der Waals surface area contributed by atoms with Gasteiger partial charge in [0.1, 0.15) is 0 Å². The molecular weight excluding hydrogens is 284 g/mol. The van der Waals surface area contributed by atoms with E-state index in [0.717, 1.165) is 38.6 Å². The maximum absolute atomic E-state index is 4.62. The fraction of sp³-hybridized carbons (Fsp3) is 0.632. The topological polar surface area (TPSA) is 39.7 Å². The normalized spacial score (nSPS) is 22.8. The van der Waals surface area contributed by atoms with Crippen molar-refractivity contribution in [1.29, 1.82) is 0 Å². The minimum Gasteiger partial charge on any atom is -0.357 e. The molecule has 2 rings (SSSR count). The van der Waals surface area contributed by atoms with Crippen LogP contribution in [0.4, 0.5) is 0 Å². The molecule has 0 radical (unpaired) electrons. The lowest BCUT2D eigenvalue weighted by Crippen LogP contribution is -2.51. The summed E-state index contributed by atoms with van der Waals surface area (Å²) in [7, 11) is 0. The number of aliphatic imine (C=N–C) groups is 1. The minimum absolute atomic E-state index is 0.520. The van der Waals surface area contributed by atoms with E-state index in [1.54, 1.807) is 0 Å². The first kappa shape index (κ1) is 17.8. The van der Waals surface area contributed by atoms with Crippen molar-refractivity contribution < 1.29 is 0 Å². The third-order valence-corrected chi connectivity index (χ3v) is 4.42. The largest absolute Gasteiger partial charge is 0.357 e. The first-order valence-electron chi connectivity index (χ1n) is 9.05. The molecule has 0 spiro atoms. The van der Waals surface area contributed by atoms with Crippen molar-refractivity contribution in [3.8, 4) is 0 Å². The summed E-state index contributed by atoms with van der Waals surface area (Å²) in [4.78, 5) is 7.21. The van der Waals surface area contributed by atoms with Crippen LogP contribution in [0, 0.1) is 0 Å². The molecule has 128 valence electrons. The standard InChI is InChI=1S/C19H32N4/c1-4-12-21-19(20-5-2)22-18-11-13-23(16(3)14-18)15-17-9-7-6-8-10-17/h6-10,16,18H,4-5,11-15H2,1-3H3,(H2,20,21,22). The highest BCUT2D eigenvalue weighted by Crippen LogP contribution is 2.19. The number of likely N-dealkylation sites (tertiary alicyclic amines) is 1. The van der Waals surface area contributed by atoms with Crippen LogP contribution in [0.25, 0.3) is 0 Å². The van der Waals surface area contributed by atoms with E-state index in [-0.39, 0.29) is 0 Å². The van der Waals surface area contributed by atoms with Crippen LogP contribution < -0.4 is 10.6 Å². The SMILES string of the molecule is CCCN=C(NCC)NC1CCN(Cc2ccccc2)C(C)C1. The number of nitrogens with zero attached hydrogens (tertiary/aromatic N) is 2.